The summed E-state index contributed by atoms with van der Waals surface area (Å²) in [5.41, 5.74) is 1.43. The smallest absolute Gasteiger partial charge is 0.175 e. The topological polar surface area (TPSA) is 30.5 Å². The minimum atomic E-state index is 0.186. The largest absolute Gasteiger partial charge is 0.490 e. The van der Waals surface area contributed by atoms with Crippen molar-refractivity contribution in [3.63, 3.8) is 0 Å². The number of nitrogens with one attached hydrogen (secondary N) is 1. The van der Waals surface area contributed by atoms with Crippen molar-refractivity contribution < 1.29 is 9.47 Å². The lowest BCUT2D eigenvalue weighted by Gasteiger charge is -2.20. The van der Waals surface area contributed by atoms with Crippen molar-refractivity contribution >= 4 is 27.7 Å². The van der Waals surface area contributed by atoms with Gasteiger partial charge >= 0.3 is 0 Å². The van der Waals surface area contributed by atoms with Gasteiger partial charge in [-0.1, -0.05) is 0 Å². The van der Waals surface area contributed by atoms with Crippen LogP contribution in [0.4, 0.5) is 0 Å². The van der Waals surface area contributed by atoms with Crippen molar-refractivity contribution in [2.45, 2.75) is 31.2 Å². The molecule has 1 atom stereocenters. The molecule has 19 heavy (non-hydrogen) atoms. The fourth-order valence-electron chi connectivity index (χ4n) is 2.31. The molecule has 5 heteroatoms. The zero-order chi connectivity index (χ0) is 13.5. The van der Waals surface area contributed by atoms with Crippen molar-refractivity contribution in [2.24, 2.45) is 0 Å². The van der Waals surface area contributed by atoms with Crippen molar-refractivity contribution in [3.05, 3.63) is 22.2 Å². The van der Waals surface area contributed by atoms with Gasteiger partial charge in [0.1, 0.15) is 0 Å². The summed E-state index contributed by atoms with van der Waals surface area (Å²) in [4.78, 5) is 0. The highest BCUT2D eigenvalue weighted by Crippen LogP contribution is 2.44. The average molecular weight is 344 g/mol. The van der Waals surface area contributed by atoms with Gasteiger partial charge in [0.25, 0.3) is 0 Å². The van der Waals surface area contributed by atoms with E-state index in [1.54, 1.807) is 0 Å². The fourth-order valence-corrected chi connectivity index (χ4v) is 4.28. The average Bonchev–Trinajstić information content (AvgIpc) is 2.59. The van der Waals surface area contributed by atoms with Gasteiger partial charge in [-0.25, -0.2) is 0 Å². The van der Waals surface area contributed by atoms with Crippen LogP contribution in [0.2, 0.25) is 0 Å². The Morgan fingerprint density at radius 2 is 2.11 bits per heavy atom. The predicted molar refractivity (Wildman–Crippen MR) is 82.2 cm³/mol. The lowest BCUT2D eigenvalue weighted by atomic mass is 10.1. The molecular weight excluding hydrogens is 326 g/mol. The van der Waals surface area contributed by atoms with Gasteiger partial charge in [0.15, 0.2) is 11.5 Å². The van der Waals surface area contributed by atoms with E-state index in [0.717, 1.165) is 34.8 Å². The highest BCUT2D eigenvalue weighted by atomic mass is 79.9. The molecule has 1 aromatic rings. The van der Waals surface area contributed by atoms with E-state index in [2.05, 4.69) is 47.2 Å². The van der Waals surface area contributed by atoms with E-state index >= 15 is 0 Å². The summed E-state index contributed by atoms with van der Waals surface area (Å²) in [6, 6.07) is 4.25. The van der Waals surface area contributed by atoms with Crippen LogP contribution < -0.4 is 14.8 Å². The first-order valence-electron chi connectivity index (χ1n) is 6.53. The molecule has 2 heterocycles. The first-order valence-corrected chi connectivity index (χ1v) is 8.38. The van der Waals surface area contributed by atoms with E-state index in [9.17, 15) is 0 Å². The molecule has 2 aliphatic heterocycles. The maximum atomic E-state index is 5.79. The Morgan fingerprint density at radius 1 is 1.32 bits per heavy atom. The maximum Gasteiger partial charge on any atom is 0.175 e. The van der Waals surface area contributed by atoms with E-state index < -0.39 is 0 Å². The Kier molecular flexibility index (Phi) is 3.71. The standard InChI is InChI=1S/C14H18BrNO2S/c1-14(2)8-19-13(16-14)9-6-10(15)12-11(7-9)17-4-3-5-18-12/h6-7,13,16H,3-5,8H2,1-2H3. The number of fused-ring (bicyclic) bond motifs is 1. The zero-order valence-corrected chi connectivity index (χ0v) is 13.6. The van der Waals surface area contributed by atoms with Gasteiger partial charge in [-0.3, -0.25) is 5.32 Å². The van der Waals surface area contributed by atoms with E-state index in [4.69, 9.17) is 9.47 Å². The summed E-state index contributed by atoms with van der Waals surface area (Å²) in [6.07, 6.45) is 0.930. The molecule has 0 amide bonds. The quantitative estimate of drug-likeness (QED) is 0.841. The van der Waals surface area contributed by atoms with Crippen LogP contribution in [0.5, 0.6) is 11.5 Å². The highest BCUT2D eigenvalue weighted by molar-refractivity contribution is 9.10. The lowest BCUT2D eigenvalue weighted by molar-refractivity contribution is 0.296. The second-order valence-electron chi connectivity index (χ2n) is 5.60. The number of ether oxygens (including phenoxy) is 2. The number of rotatable bonds is 1. The van der Waals surface area contributed by atoms with Crippen LogP contribution in [0, 0.1) is 0 Å². The van der Waals surface area contributed by atoms with E-state index in [-0.39, 0.29) is 5.54 Å². The van der Waals surface area contributed by atoms with Gasteiger partial charge in [-0.15, -0.1) is 11.8 Å². The molecule has 0 aliphatic carbocycles. The molecule has 0 saturated carbocycles. The summed E-state index contributed by atoms with van der Waals surface area (Å²) in [7, 11) is 0. The van der Waals surface area contributed by atoms with Gasteiger partial charge < -0.3 is 9.47 Å². The Labute approximate surface area is 126 Å². The molecule has 1 aromatic carbocycles. The minimum absolute atomic E-state index is 0.186. The predicted octanol–water partition coefficient (Wildman–Crippen LogP) is 3.72. The maximum absolute atomic E-state index is 5.79. The monoisotopic (exact) mass is 343 g/mol. The number of hydrogen-bond acceptors (Lipinski definition) is 4. The van der Waals surface area contributed by atoms with E-state index in [1.165, 1.54) is 5.56 Å². The Balaban J connectivity index is 1.91. The van der Waals surface area contributed by atoms with E-state index in [0.29, 0.717) is 12.0 Å². The molecule has 1 fully saturated rings. The highest BCUT2D eigenvalue weighted by Gasteiger charge is 2.32. The number of halogens is 1. The van der Waals surface area contributed by atoms with Crippen LogP contribution in [0.15, 0.2) is 16.6 Å². The summed E-state index contributed by atoms with van der Waals surface area (Å²) in [5, 5.41) is 3.96. The second kappa shape index (κ2) is 5.19. The Hall–Kier alpha value is -0.390. The summed E-state index contributed by atoms with van der Waals surface area (Å²) >= 11 is 5.54. The molecule has 2 aliphatic rings. The SMILES string of the molecule is CC1(C)CSC(c2cc(Br)c3c(c2)OCCCO3)N1. The molecule has 0 aromatic heterocycles. The molecule has 1 unspecified atom stereocenters. The van der Waals surface area contributed by atoms with Crippen molar-refractivity contribution in [2.75, 3.05) is 19.0 Å². The van der Waals surface area contributed by atoms with Crippen LogP contribution in [-0.2, 0) is 0 Å². The van der Waals surface area contributed by atoms with Crippen LogP contribution >= 0.6 is 27.7 Å². The molecule has 0 radical (unpaired) electrons. The molecular formula is C14H18BrNO2S. The van der Waals surface area contributed by atoms with Crippen LogP contribution in [0.1, 0.15) is 31.2 Å². The van der Waals surface area contributed by atoms with E-state index in [1.807, 2.05) is 11.8 Å². The molecule has 3 rings (SSSR count). The fraction of sp³-hybridized carbons (Fsp3) is 0.571. The van der Waals surface area contributed by atoms with Gasteiger partial charge in [-0.05, 0) is 47.5 Å². The third-order valence-electron chi connectivity index (χ3n) is 3.26. The van der Waals surface area contributed by atoms with Gasteiger partial charge in [0.05, 0.1) is 23.1 Å². The normalized spacial score (nSPS) is 25.1. The zero-order valence-electron chi connectivity index (χ0n) is 11.2. The summed E-state index contributed by atoms with van der Waals surface area (Å²) in [5.74, 6) is 2.81. The molecule has 0 bridgehead atoms. The molecule has 104 valence electrons. The Morgan fingerprint density at radius 3 is 2.84 bits per heavy atom. The molecule has 3 nitrogen and oxygen atoms in total. The second-order valence-corrected chi connectivity index (χ2v) is 7.55. The van der Waals surface area contributed by atoms with Crippen molar-refractivity contribution in [1.82, 2.24) is 5.32 Å². The van der Waals surface area contributed by atoms with Gasteiger partial charge in [0.2, 0.25) is 0 Å². The number of benzene rings is 1. The molecule has 1 N–H and O–H groups in total. The minimum Gasteiger partial charge on any atom is -0.490 e. The Bertz CT molecular complexity index is 493. The van der Waals surface area contributed by atoms with Gasteiger partial charge in [0, 0.05) is 17.7 Å². The van der Waals surface area contributed by atoms with Crippen LogP contribution in [-0.4, -0.2) is 24.5 Å². The molecule has 1 saturated heterocycles. The van der Waals surface area contributed by atoms with Gasteiger partial charge in [-0.2, -0.15) is 0 Å². The van der Waals surface area contributed by atoms with Crippen LogP contribution in [0.3, 0.4) is 0 Å². The third kappa shape index (κ3) is 2.88. The number of thioether (sulfide) groups is 1. The lowest BCUT2D eigenvalue weighted by Crippen LogP contribution is -2.35. The summed E-state index contributed by atoms with van der Waals surface area (Å²) in [6.45, 7) is 5.91. The van der Waals surface area contributed by atoms with Crippen molar-refractivity contribution in [3.8, 4) is 11.5 Å². The molecule has 0 spiro atoms. The number of hydrogen-bond donors (Lipinski definition) is 1. The first-order chi connectivity index (χ1) is 9.05. The van der Waals surface area contributed by atoms with Crippen molar-refractivity contribution in [1.29, 1.82) is 0 Å². The first kappa shape index (κ1) is 13.6. The summed E-state index contributed by atoms with van der Waals surface area (Å²) < 4.78 is 12.5. The van der Waals surface area contributed by atoms with Crippen LogP contribution in [0.25, 0.3) is 0 Å². The third-order valence-corrected chi connectivity index (χ3v) is 5.46.